The van der Waals surface area contributed by atoms with Gasteiger partial charge < -0.3 is 0 Å². The zero-order valence-corrected chi connectivity index (χ0v) is 28.1. The molecule has 0 aliphatic heterocycles. The summed E-state index contributed by atoms with van der Waals surface area (Å²) in [6.45, 7) is 0. The third-order valence-corrected chi connectivity index (χ3v) is 9.56. The van der Waals surface area contributed by atoms with Crippen LogP contribution in [0.4, 0.5) is 0 Å². The van der Waals surface area contributed by atoms with Crippen LogP contribution in [0.3, 0.4) is 0 Å². The van der Waals surface area contributed by atoms with E-state index in [1.807, 2.05) is 66.7 Å². The summed E-state index contributed by atoms with van der Waals surface area (Å²) in [5.74, 6) is 1.81. The van der Waals surface area contributed by atoms with Crippen molar-refractivity contribution in [3.05, 3.63) is 188 Å². The van der Waals surface area contributed by atoms with E-state index in [9.17, 15) is 5.26 Å². The largest absolute Gasteiger partial charge is 0.208 e. The lowest BCUT2D eigenvalue weighted by Crippen LogP contribution is -2.00. The van der Waals surface area contributed by atoms with Crippen LogP contribution >= 0.6 is 0 Å². The molecule has 242 valence electrons. The van der Waals surface area contributed by atoms with Crippen LogP contribution in [-0.4, -0.2) is 15.0 Å². The third-order valence-electron chi connectivity index (χ3n) is 9.56. The molecule has 52 heavy (non-hydrogen) atoms. The van der Waals surface area contributed by atoms with Crippen LogP contribution in [0, 0.1) is 11.3 Å². The minimum absolute atomic E-state index is 0.593. The number of hydrogen-bond donors (Lipinski definition) is 0. The van der Waals surface area contributed by atoms with Gasteiger partial charge in [-0.25, -0.2) is 15.0 Å². The molecule has 0 saturated heterocycles. The Balaban J connectivity index is 1.19. The fourth-order valence-corrected chi connectivity index (χ4v) is 7.06. The Morgan fingerprint density at radius 1 is 0.308 bits per heavy atom. The fraction of sp³-hybridized carbons (Fsp3) is 0. The van der Waals surface area contributed by atoms with Crippen molar-refractivity contribution in [2.45, 2.75) is 0 Å². The molecule has 0 spiro atoms. The molecule has 0 N–H and O–H groups in total. The van der Waals surface area contributed by atoms with Crippen molar-refractivity contribution >= 4 is 21.5 Å². The Morgan fingerprint density at radius 2 is 0.692 bits per heavy atom. The second-order valence-electron chi connectivity index (χ2n) is 12.7. The SMILES string of the molecule is N#Cc1ccc(-c2cccc(-c3nc(-c4ccccc4)nc(-c4ccc(-c5c(-c6ccccc6)c6ccccc6c6ccccc56)cc4)n3)c2)cc1. The van der Waals surface area contributed by atoms with Crippen molar-refractivity contribution in [1.82, 2.24) is 15.0 Å². The standard InChI is InChI=1S/C48H30N4/c49-31-32-22-24-33(25-23-32)38-16-11-17-39(30-38)48-51-46(36-14-5-2-6-15-36)50-47(52-48)37-28-26-35(27-29-37)45-43-21-10-8-19-41(43)40-18-7-9-20-42(40)44(45)34-12-3-1-4-13-34/h1-30H. The van der Waals surface area contributed by atoms with Crippen molar-refractivity contribution < 1.29 is 0 Å². The Bertz CT molecular complexity index is 2770. The summed E-state index contributed by atoms with van der Waals surface area (Å²) in [6, 6.07) is 64.7. The van der Waals surface area contributed by atoms with E-state index in [2.05, 4.69) is 121 Å². The Morgan fingerprint density at radius 3 is 1.25 bits per heavy atom. The summed E-state index contributed by atoms with van der Waals surface area (Å²) >= 11 is 0. The minimum Gasteiger partial charge on any atom is -0.208 e. The molecule has 0 aliphatic carbocycles. The summed E-state index contributed by atoms with van der Waals surface area (Å²) in [5, 5.41) is 14.2. The predicted octanol–water partition coefficient (Wildman–Crippen LogP) is 12.1. The molecular weight excluding hydrogens is 633 g/mol. The number of benzene rings is 8. The minimum atomic E-state index is 0.593. The van der Waals surface area contributed by atoms with Crippen LogP contribution in [0.25, 0.3) is 89.1 Å². The number of aromatic nitrogens is 3. The van der Waals surface area contributed by atoms with Gasteiger partial charge in [0.1, 0.15) is 0 Å². The van der Waals surface area contributed by atoms with Crippen LogP contribution in [0.5, 0.6) is 0 Å². The molecule has 1 heterocycles. The van der Waals surface area contributed by atoms with E-state index < -0.39 is 0 Å². The van der Waals surface area contributed by atoms with Crippen molar-refractivity contribution in [1.29, 1.82) is 5.26 Å². The van der Waals surface area contributed by atoms with Gasteiger partial charge in [-0.3, -0.25) is 0 Å². The maximum atomic E-state index is 9.27. The lowest BCUT2D eigenvalue weighted by Gasteiger charge is -2.18. The summed E-state index contributed by atoms with van der Waals surface area (Å²) in [7, 11) is 0. The van der Waals surface area contributed by atoms with Gasteiger partial charge in [0.25, 0.3) is 0 Å². The van der Waals surface area contributed by atoms with Crippen LogP contribution in [0.2, 0.25) is 0 Å². The number of hydrogen-bond acceptors (Lipinski definition) is 4. The molecule has 0 saturated carbocycles. The molecule has 1 aromatic heterocycles. The first kappa shape index (κ1) is 30.8. The van der Waals surface area contributed by atoms with Crippen molar-refractivity contribution in [3.63, 3.8) is 0 Å². The molecule has 4 nitrogen and oxygen atoms in total. The molecule has 0 radical (unpaired) electrons. The van der Waals surface area contributed by atoms with Crippen LogP contribution in [0.15, 0.2) is 182 Å². The molecule has 9 rings (SSSR count). The zero-order chi connectivity index (χ0) is 34.9. The van der Waals surface area contributed by atoms with Crippen molar-refractivity contribution in [2.75, 3.05) is 0 Å². The van der Waals surface area contributed by atoms with Gasteiger partial charge in [-0.2, -0.15) is 5.26 Å². The second-order valence-corrected chi connectivity index (χ2v) is 12.7. The van der Waals surface area contributed by atoms with Gasteiger partial charge in [-0.15, -0.1) is 0 Å². The summed E-state index contributed by atoms with van der Waals surface area (Å²) in [6.07, 6.45) is 0. The van der Waals surface area contributed by atoms with E-state index in [0.717, 1.165) is 33.4 Å². The number of nitriles is 1. The van der Waals surface area contributed by atoms with Gasteiger partial charge in [-0.05, 0) is 73.1 Å². The summed E-state index contributed by atoms with van der Waals surface area (Å²) < 4.78 is 0. The third kappa shape index (κ3) is 5.67. The molecule has 8 aromatic carbocycles. The fourth-order valence-electron chi connectivity index (χ4n) is 7.06. The van der Waals surface area contributed by atoms with Gasteiger partial charge >= 0.3 is 0 Å². The quantitative estimate of drug-likeness (QED) is 0.166. The lowest BCUT2D eigenvalue weighted by molar-refractivity contribution is 1.07. The zero-order valence-electron chi connectivity index (χ0n) is 28.1. The van der Waals surface area contributed by atoms with Crippen molar-refractivity contribution in [2.24, 2.45) is 0 Å². The molecule has 0 bridgehead atoms. The highest BCUT2D eigenvalue weighted by atomic mass is 15.0. The number of rotatable bonds is 6. The first-order chi connectivity index (χ1) is 25.7. The topological polar surface area (TPSA) is 62.5 Å². The Labute approximate surface area is 302 Å². The molecule has 0 aliphatic rings. The molecule has 9 aromatic rings. The smallest absolute Gasteiger partial charge is 0.164 e. The van der Waals surface area contributed by atoms with Gasteiger partial charge in [0.05, 0.1) is 11.6 Å². The Hall–Kier alpha value is -7.22. The molecule has 0 atom stereocenters. The second kappa shape index (κ2) is 13.2. The average molecular weight is 663 g/mol. The predicted molar refractivity (Wildman–Crippen MR) is 212 cm³/mol. The highest BCUT2D eigenvalue weighted by Crippen LogP contribution is 2.44. The van der Waals surface area contributed by atoms with Crippen LogP contribution in [-0.2, 0) is 0 Å². The van der Waals surface area contributed by atoms with E-state index in [1.54, 1.807) is 0 Å². The summed E-state index contributed by atoms with van der Waals surface area (Å²) in [5.41, 5.74) is 10.1. The van der Waals surface area contributed by atoms with E-state index in [4.69, 9.17) is 15.0 Å². The van der Waals surface area contributed by atoms with E-state index in [-0.39, 0.29) is 0 Å². The Kier molecular flexibility index (Phi) is 7.85. The molecule has 0 fully saturated rings. The van der Waals surface area contributed by atoms with Crippen molar-refractivity contribution in [3.8, 4) is 73.6 Å². The molecule has 0 amide bonds. The number of nitrogens with zero attached hydrogens (tertiary/aromatic N) is 4. The van der Waals surface area contributed by atoms with Gasteiger partial charge in [0.2, 0.25) is 0 Å². The highest BCUT2D eigenvalue weighted by Gasteiger charge is 2.18. The average Bonchev–Trinajstić information content (AvgIpc) is 3.24. The van der Waals surface area contributed by atoms with Gasteiger partial charge in [-0.1, -0.05) is 164 Å². The first-order valence-electron chi connectivity index (χ1n) is 17.3. The van der Waals surface area contributed by atoms with Crippen LogP contribution < -0.4 is 0 Å². The van der Waals surface area contributed by atoms with E-state index in [1.165, 1.54) is 38.2 Å². The van der Waals surface area contributed by atoms with Gasteiger partial charge in [0.15, 0.2) is 17.5 Å². The van der Waals surface area contributed by atoms with E-state index >= 15 is 0 Å². The molecule has 4 heteroatoms. The lowest BCUT2D eigenvalue weighted by atomic mass is 9.85. The molecular formula is C48H30N4. The monoisotopic (exact) mass is 662 g/mol. The molecule has 0 unspecified atom stereocenters. The maximum absolute atomic E-state index is 9.27. The van der Waals surface area contributed by atoms with Gasteiger partial charge in [0, 0.05) is 16.7 Å². The summed E-state index contributed by atoms with van der Waals surface area (Å²) in [4.78, 5) is 15.0. The van der Waals surface area contributed by atoms with E-state index in [0.29, 0.717) is 23.0 Å². The van der Waals surface area contributed by atoms with Crippen LogP contribution in [0.1, 0.15) is 5.56 Å². The highest BCUT2D eigenvalue weighted by molar-refractivity contribution is 6.21. The maximum Gasteiger partial charge on any atom is 0.164 e. The normalized spacial score (nSPS) is 11.1. The number of fused-ring (bicyclic) bond motifs is 3. The first-order valence-corrected chi connectivity index (χ1v) is 17.3.